The molecule has 1 aliphatic heterocycles. The third-order valence-electron chi connectivity index (χ3n) is 5.95. The first-order valence-electron chi connectivity index (χ1n) is 11.3. The standard InChI is InChI=1S/C24H29FN7O3/c1-14-10-19(31-35-14)29-20-18(25)13-26-22(30-20)28-16-8-6-15(7-9-16)21(33)27-17-11-23(2,3)32(34)24(4,5)12-17/h6-10,13,17H,11-12H2,1-5H3,(H,27,33)(H2,26,28,29,30,31). The molecule has 1 fully saturated rings. The quantitative estimate of drug-likeness (QED) is 0.469. The molecule has 1 radical (unpaired) electrons. The molecular formula is C24H29FN7O3. The van der Waals surface area contributed by atoms with Crippen molar-refractivity contribution in [1.29, 1.82) is 0 Å². The molecule has 1 aliphatic rings. The van der Waals surface area contributed by atoms with Gasteiger partial charge in [0.25, 0.3) is 5.91 Å². The van der Waals surface area contributed by atoms with Gasteiger partial charge in [0, 0.05) is 34.4 Å². The van der Waals surface area contributed by atoms with Crippen molar-refractivity contribution in [3.8, 4) is 0 Å². The number of nitrogens with one attached hydrogen (secondary N) is 3. The molecular weight excluding hydrogens is 453 g/mol. The number of nitrogens with zero attached hydrogens (tertiary/aromatic N) is 4. The molecule has 11 heteroatoms. The molecule has 3 N–H and O–H groups in total. The monoisotopic (exact) mass is 482 g/mol. The molecule has 10 nitrogen and oxygen atoms in total. The second-order valence-corrected chi connectivity index (χ2v) is 10.0. The number of hydrogen-bond acceptors (Lipinski definition) is 8. The fourth-order valence-electron chi connectivity index (χ4n) is 4.53. The first-order valence-corrected chi connectivity index (χ1v) is 11.3. The van der Waals surface area contributed by atoms with Crippen LogP contribution in [0, 0.1) is 12.7 Å². The fourth-order valence-corrected chi connectivity index (χ4v) is 4.53. The van der Waals surface area contributed by atoms with Crippen LogP contribution in [0.1, 0.15) is 56.7 Å². The van der Waals surface area contributed by atoms with Gasteiger partial charge in [0.15, 0.2) is 17.5 Å². The van der Waals surface area contributed by atoms with E-state index < -0.39 is 16.9 Å². The molecule has 2 aromatic heterocycles. The van der Waals surface area contributed by atoms with Gasteiger partial charge in [0.2, 0.25) is 5.95 Å². The number of aromatic nitrogens is 3. The molecule has 0 bridgehead atoms. The van der Waals surface area contributed by atoms with Crippen LogP contribution in [0.3, 0.4) is 0 Å². The second-order valence-electron chi connectivity index (χ2n) is 10.0. The number of anilines is 4. The summed E-state index contributed by atoms with van der Waals surface area (Å²) in [7, 11) is 0. The lowest BCUT2D eigenvalue weighted by molar-refractivity contribution is -0.289. The number of piperidine rings is 1. The van der Waals surface area contributed by atoms with Crippen molar-refractivity contribution < 1.29 is 18.9 Å². The molecule has 4 rings (SSSR count). The number of rotatable bonds is 6. The van der Waals surface area contributed by atoms with E-state index in [0.717, 1.165) is 11.3 Å². The number of benzene rings is 1. The summed E-state index contributed by atoms with van der Waals surface area (Å²) in [4.78, 5) is 20.9. The first-order chi connectivity index (χ1) is 16.4. The van der Waals surface area contributed by atoms with Gasteiger partial charge in [-0.3, -0.25) is 4.79 Å². The highest BCUT2D eigenvalue weighted by molar-refractivity contribution is 5.94. The molecule has 0 aliphatic carbocycles. The van der Waals surface area contributed by atoms with E-state index in [1.54, 1.807) is 37.3 Å². The third-order valence-corrected chi connectivity index (χ3v) is 5.95. The molecule has 35 heavy (non-hydrogen) atoms. The average molecular weight is 483 g/mol. The van der Waals surface area contributed by atoms with E-state index >= 15 is 0 Å². The van der Waals surface area contributed by atoms with Gasteiger partial charge in [-0.05, 0) is 71.7 Å². The number of amides is 1. The van der Waals surface area contributed by atoms with Crippen LogP contribution in [0.5, 0.6) is 0 Å². The number of carbonyl (C=O) groups is 1. The smallest absolute Gasteiger partial charge is 0.251 e. The molecule has 1 aromatic carbocycles. The SMILES string of the molecule is Cc1cc(Nc2nc(Nc3ccc(C(=O)NC4CC(C)(C)N([O])C(C)(C)C4)cc3)ncc2F)no1. The van der Waals surface area contributed by atoms with E-state index in [2.05, 4.69) is 31.1 Å². The highest BCUT2D eigenvalue weighted by Gasteiger charge is 2.46. The van der Waals surface area contributed by atoms with Gasteiger partial charge in [-0.2, -0.15) is 4.98 Å². The van der Waals surface area contributed by atoms with Crippen LogP contribution in [0.25, 0.3) is 0 Å². The second kappa shape index (κ2) is 9.23. The Morgan fingerprint density at radius 1 is 1.11 bits per heavy atom. The van der Waals surface area contributed by atoms with Crippen molar-refractivity contribution in [2.45, 2.75) is 64.6 Å². The molecule has 0 saturated carbocycles. The number of hydrogen-bond donors (Lipinski definition) is 3. The Bertz CT molecular complexity index is 1190. The van der Waals surface area contributed by atoms with Crippen molar-refractivity contribution in [1.82, 2.24) is 25.5 Å². The zero-order chi connectivity index (χ0) is 25.4. The first kappa shape index (κ1) is 24.6. The van der Waals surface area contributed by atoms with Gasteiger partial charge in [-0.15, -0.1) is 10.3 Å². The lowest BCUT2D eigenvalue weighted by atomic mass is 9.79. The molecule has 0 unspecified atom stereocenters. The summed E-state index contributed by atoms with van der Waals surface area (Å²) in [5, 5.41) is 26.2. The predicted octanol–water partition coefficient (Wildman–Crippen LogP) is 4.50. The van der Waals surface area contributed by atoms with Crippen molar-refractivity contribution in [3.05, 3.63) is 53.7 Å². The van der Waals surface area contributed by atoms with E-state index in [-0.39, 0.29) is 23.7 Å². The van der Waals surface area contributed by atoms with Crippen molar-refractivity contribution in [2.24, 2.45) is 0 Å². The van der Waals surface area contributed by atoms with Crippen LogP contribution in [-0.2, 0) is 5.21 Å². The van der Waals surface area contributed by atoms with Gasteiger partial charge >= 0.3 is 0 Å². The zero-order valence-electron chi connectivity index (χ0n) is 20.3. The molecule has 1 amide bonds. The number of halogens is 1. The van der Waals surface area contributed by atoms with E-state index in [1.165, 1.54) is 0 Å². The summed E-state index contributed by atoms with van der Waals surface area (Å²) < 4.78 is 19.1. The molecule has 3 aromatic rings. The topological polar surface area (TPSA) is 128 Å². The Labute approximate surface area is 202 Å². The van der Waals surface area contributed by atoms with Gasteiger partial charge in [-0.1, -0.05) is 5.16 Å². The summed E-state index contributed by atoms with van der Waals surface area (Å²) in [5.74, 6) is 0.168. The van der Waals surface area contributed by atoms with Crippen LogP contribution in [-0.4, -0.2) is 43.2 Å². The number of hydroxylamine groups is 2. The Kier molecular flexibility index (Phi) is 6.48. The van der Waals surface area contributed by atoms with E-state index in [1.807, 2.05) is 27.7 Å². The van der Waals surface area contributed by atoms with Gasteiger partial charge in [0.05, 0.1) is 6.20 Å². The number of carbonyl (C=O) groups excluding carboxylic acids is 1. The molecule has 0 atom stereocenters. The van der Waals surface area contributed by atoms with Gasteiger partial charge in [-0.25, -0.2) is 9.37 Å². The van der Waals surface area contributed by atoms with Crippen molar-refractivity contribution in [2.75, 3.05) is 10.6 Å². The third kappa shape index (κ3) is 5.57. The largest absolute Gasteiger partial charge is 0.360 e. The zero-order valence-corrected chi connectivity index (χ0v) is 20.3. The molecule has 3 heterocycles. The lowest BCUT2D eigenvalue weighted by Crippen LogP contribution is -2.62. The van der Waals surface area contributed by atoms with Crippen LogP contribution < -0.4 is 16.0 Å². The minimum absolute atomic E-state index is 0.0539. The minimum atomic E-state index is -0.641. The Morgan fingerprint density at radius 3 is 2.37 bits per heavy atom. The summed E-state index contributed by atoms with van der Waals surface area (Å²) in [6, 6.07) is 8.29. The van der Waals surface area contributed by atoms with E-state index in [0.29, 0.717) is 35.7 Å². The maximum atomic E-state index is 14.1. The summed E-state index contributed by atoms with van der Waals surface area (Å²) in [5.41, 5.74) is -0.0242. The number of aryl methyl sites for hydroxylation is 1. The normalized spacial score (nSPS) is 17.7. The summed E-state index contributed by atoms with van der Waals surface area (Å²) in [6.45, 7) is 9.30. The Hall–Kier alpha value is -3.57. The van der Waals surface area contributed by atoms with Crippen molar-refractivity contribution in [3.63, 3.8) is 0 Å². The summed E-state index contributed by atoms with van der Waals surface area (Å²) in [6.07, 6.45) is 2.18. The van der Waals surface area contributed by atoms with Gasteiger partial charge < -0.3 is 20.5 Å². The highest BCUT2D eigenvalue weighted by atomic mass is 19.1. The van der Waals surface area contributed by atoms with Gasteiger partial charge in [0.1, 0.15) is 5.76 Å². The maximum absolute atomic E-state index is 14.1. The van der Waals surface area contributed by atoms with E-state index in [9.17, 15) is 14.4 Å². The predicted molar refractivity (Wildman–Crippen MR) is 127 cm³/mol. The fraction of sp³-hybridized carbons (Fsp3) is 0.417. The minimum Gasteiger partial charge on any atom is -0.360 e. The Morgan fingerprint density at radius 2 is 1.77 bits per heavy atom. The molecule has 0 spiro atoms. The average Bonchev–Trinajstić information content (AvgIpc) is 3.19. The van der Waals surface area contributed by atoms with Crippen LogP contribution in [0.15, 0.2) is 41.1 Å². The van der Waals surface area contributed by atoms with Crippen molar-refractivity contribution >= 4 is 29.2 Å². The highest BCUT2D eigenvalue weighted by Crippen LogP contribution is 2.37. The molecule has 1 saturated heterocycles. The summed E-state index contributed by atoms with van der Waals surface area (Å²) >= 11 is 0. The van der Waals surface area contributed by atoms with Crippen LogP contribution in [0.4, 0.5) is 27.7 Å². The molecule has 185 valence electrons. The Balaban J connectivity index is 1.40. The van der Waals surface area contributed by atoms with Crippen LogP contribution >= 0.6 is 0 Å². The maximum Gasteiger partial charge on any atom is 0.251 e. The lowest BCUT2D eigenvalue weighted by Gasteiger charge is -2.50. The van der Waals surface area contributed by atoms with E-state index in [4.69, 9.17) is 4.52 Å². The van der Waals surface area contributed by atoms with Crippen LogP contribution in [0.2, 0.25) is 0 Å².